The molecule has 0 aliphatic carbocycles. The summed E-state index contributed by atoms with van der Waals surface area (Å²) in [6.45, 7) is 1.44. The third-order valence-corrected chi connectivity index (χ3v) is 4.16. The standard InChI is InChI=1S/C18H21N3O4/c22-12-16(18(24)21-7-9-25-10-8-21)20-17(23)6-5-13-11-19-15-4-2-1-3-14(13)15/h1-6,11,16,19,22H,7-10,12H2,(H,20,23). The SMILES string of the molecule is O=C(C=Cc1c[nH]c2ccccc12)NC(CO)C(=O)N1CCOCC1. The molecule has 7 nitrogen and oxygen atoms in total. The van der Waals surface area contributed by atoms with E-state index in [-0.39, 0.29) is 5.91 Å². The number of fused-ring (bicyclic) bond motifs is 1. The van der Waals surface area contributed by atoms with Crippen LogP contribution in [0.15, 0.2) is 36.5 Å². The molecule has 0 spiro atoms. The van der Waals surface area contributed by atoms with Crippen LogP contribution >= 0.6 is 0 Å². The summed E-state index contributed by atoms with van der Waals surface area (Å²) >= 11 is 0. The van der Waals surface area contributed by atoms with E-state index in [2.05, 4.69) is 10.3 Å². The van der Waals surface area contributed by atoms with Crippen molar-refractivity contribution in [2.75, 3.05) is 32.9 Å². The first kappa shape index (κ1) is 17.2. The van der Waals surface area contributed by atoms with Gasteiger partial charge < -0.3 is 25.0 Å². The summed E-state index contributed by atoms with van der Waals surface area (Å²) in [6, 6.07) is 6.83. The number of nitrogens with one attached hydrogen (secondary N) is 2. The number of carbonyl (C=O) groups is 2. The van der Waals surface area contributed by atoms with Gasteiger partial charge in [0, 0.05) is 36.3 Å². The van der Waals surface area contributed by atoms with E-state index in [4.69, 9.17) is 4.74 Å². The Hall–Kier alpha value is -2.64. The topological polar surface area (TPSA) is 94.7 Å². The largest absolute Gasteiger partial charge is 0.394 e. The predicted molar refractivity (Wildman–Crippen MR) is 93.7 cm³/mol. The molecule has 1 aromatic carbocycles. The van der Waals surface area contributed by atoms with Crippen molar-refractivity contribution >= 4 is 28.8 Å². The first-order valence-corrected chi connectivity index (χ1v) is 8.21. The Bertz CT molecular complexity index is 777. The average molecular weight is 343 g/mol. The Balaban J connectivity index is 1.63. The highest BCUT2D eigenvalue weighted by Gasteiger charge is 2.26. The van der Waals surface area contributed by atoms with Crippen molar-refractivity contribution in [3.05, 3.63) is 42.1 Å². The van der Waals surface area contributed by atoms with Crippen molar-refractivity contribution in [3.63, 3.8) is 0 Å². The highest BCUT2D eigenvalue weighted by molar-refractivity contribution is 5.98. The van der Waals surface area contributed by atoms with Gasteiger partial charge in [-0.25, -0.2) is 0 Å². The third-order valence-electron chi connectivity index (χ3n) is 4.16. The molecule has 25 heavy (non-hydrogen) atoms. The fourth-order valence-electron chi connectivity index (χ4n) is 2.81. The van der Waals surface area contributed by atoms with E-state index in [1.165, 1.54) is 6.08 Å². The second-order valence-electron chi connectivity index (χ2n) is 5.80. The number of amides is 2. The number of carbonyl (C=O) groups excluding carboxylic acids is 2. The van der Waals surface area contributed by atoms with Crippen molar-refractivity contribution in [3.8, 4) is 0 Å². The second-order valence-corrected chi connectivity index (χ2v) is 5.80. The molecule has 1 aliphatic rings. The fraction of sp³-hybridized carbons (Fsp3) is 0.333. The predicted octanol–water partition coefficient (Wildman–Crippen LogP) is 0.517. The summed E-state index contributed by atoms with van der Waals surface area (Å²) in [6.07, 6.45) is 4.86. The number of benzene rings is 1. The Morgan fingerprint density at radius 1 is 1.32 bits per heavy atom. The Morgan fingerprint density at radius 3 is 2.84 bits per heavy atom. The fourth-order valence-corrected chi connectivity index (χ4v) is 2.81. The van der Waals surface area contributed by atoms with E-state index in [1.54, 1.807) is 11.0 Å². The smallest absolute Gasteiger partial charge is 0.247 e. The number of aliphatic hydroxyl groups excluding tert-OH is 1. The summed E-state index contributed by atoms with van der Waals surface area (Å²) in [5.74, 6) is -0.717. The number of rotatable bonds is 5. The summed E-state index contributed by atoms with van der Waals surface area (Å²) in [4.78, 5) is 29.2. The number of H-pyrrole nitrogens is 1. The van der Waals surface area contributed by atoms with Gasteiger partial charge in [-0.3, -0.25) is 9.59 Å². The number of para-hydroxylation sites is 1. The van der Waals surface area contributed by atoms with Crippen LogP contribution in [-0.4, -0.2) is 65.8 Å². The molecule has 1 fully saturated rings. The lowest BCUT2D eigenvalue weighted by atomic mass is 10.1. The van der Waals surface area contributed by atoms with Gasteiger partial charge in [0.15, 0.2) is 0 Å². The first-order valence-electron chi connectivity index (χ1n) is 8.21. The zero-order valence-corrected chi connectivity index (χ0v) is 13.8. The van der Waals surface area contributed by atoms with Crippen LogP contribution in [0.3, 0.4) is 0 Å². The monoisotopic (exact) mass is 343 g/mol. The molecule has 0 radical (unpaired) electrons. The van der Waals surface area contributed by atoms with E-state index in [0.29, 0.717) is 26.3 Å². The average Bonchev–Trinajstić information content (AvgIpc) is 3.08. The van der Waals surface area contributed by atoms with Crippen LogP contribution in [0.5, 0.6) is 0 Å². The van der Waals surface area contributed by atoms with Gasteiger partial charge in [-0.1, -0.05) is 18.2 Å². The van der Waals surface area contributed by atoms with E-state index < -0.39 is 18.6 Å². The molecule has 1 aliphatic heterocycles. The number of aromatic nitrogens is 1. The zero-order valence-electron chi connectivity index (χ0n) is 13.8. The maximum Gasteiger partial charge on any atom is 0.247 e. The number of hydrogen-bond donors (Lipinski definition) is 3. The van der Waals surface area contributed by atoms with Gasteiger partial charge in [0.2, 0.25) is 11.8 Å². The van der Waals surface area contributed by atoms with Crippen LogP contribution in [0.4, 0.5) is 0 Å². The highest BCUT2D eigenvalue weighted by atomic mass is 16.5. The lowest BCUT2D eigenvalue weighted by molar-refractivity contribution is -0.140. The Kier molecular flexibility index (Phi) is 5.47. The van der Waals surface area contributed by atoms with Crippen molar-refractivity contribution in [1.82, 2.24) is 15.2 Å². The van der Waals surface area contributed by atoms with Crippen molar-refractivity contribution in [1.29, 1.82) is 0 Å². The van der Waals surface area contributed by atoms with Crippen molar-refractivity contribution in [2.24, 2.45) is 0 Å². The molecule has 7 heteroatoms. The summed E-state index contributed by atoms with van der Waals surface area (Å²) in [7, 11) is 0. The van der Waals surface area contributed by atoms with Gasteiger partial charge in [-0.2, -0.15) is 0 Å². The molecule has 132 valence electrons. The van der Waals surface area contributed by atoms with Gasteiger partial charge in [-0.05, 0) is 17.7 Å². The molecule has 2 aromatic rings. The van der Waals surface area contributed by atoms with Gasteiger partial charge in [0.25, 0.3) is 0 Å². The van der Waals surface area contributed by atoms with Gasteiger partial charge in [0.1, 0.15) is 6.04 Å². The lowest BCUT2D eigenvalue weighted by Gasteiger charge is -2.29. The minimum Gasteiger partial charge on any atom is -0.394 e. The van der Waals surface area contributed by atoms with Crippen molar-refractivity contribution < 1.29 is 19.4 Å². The first-order chi connectivity index (χ1) is 12.2. The molecular formula is C18H21N3O4. The Morgan fingerprint density at radius 2 is 2.08 bits per heavy atom. The maximum atomic E-state index is 12.3. The van der Waals surface area contributed by atoms with Crippen LogP contribution in [0.2, 0.25) is 0 Å². The van der Waals surface area contributed by atoms with E-state index in [9.17, 15) is 14.7 Å². The summed E-state index contributed by atoms with van der Waals surface area (Å²) < 4.78 is 5.20. The molecule has 1 aromatic heterocycles. The van der Waals surface area contributed by atoms with E-state index in [0.717, 1.165) is 16.5 Å². The molecular weight excluding hydrogens is 322 g/mol. The van der Waals surface area contributed by atoms with Crippen LogP contribution in [-0.2, 0) is 14.3 Å². The van der Waals surface area contributed by atoms with Crippen molar-refractivity contribution in [2.45, 2.75) is 6.04 Å². The zero-order chi connectivity index (χ0) is 17.6. The molecule has 2 heterocycles. The van der Waals surface area contributed by atoms with E-state index >= 15 is 0 Å². The second kappa shape index (κ2) is 7.96. The summed E-state index contributed by atoms with van der Waals surface area (Å²) in [5.41, 5.74) is 1.86. The molecule has 2 amide bonds. The van der Waals surface area contributed by atoms with Crippen LogP contribution < -0.4 is 5.32 Å². The van der Waals surface area contributed by atoms with Crippen LogP contribution in [0.1, 0.15) is 5.56 Å². The van der Waals surface area contributed by atoms with Gasteiger partial charge in [-0.15, -0.1) is 0 Å². The number of hydrogen-bond acceptors (Lipinski definition) is 4. The number of morpholine rings is 1. The molecule has 3 rings (SSSR count). The van der Waals surface area contributed by atoms with E-state index in [1.807, 2.05) is 30.5 Å². The van der Waals surface area contributed by atoms with Gasteiger partial charge in [0.05, 0.1) is 19.8 Å². The minimum atomic E-state index is -0.946. The third kappa shape index (κ3) is 4.07. The molecule has 3 N–H and O–H groups in total. The maximum absolute atomic E-state index is 12.3. The summed E-state index contributed by atoms with van der Waals surface area (Å²) in [5, 5.41) is 13.0. The van der Waals surface area contributed by atoms with Gasteiger partial charge >= 0.3 is 0 Å². The number of nitrogens with zero attached hydrogens (tertiary/aromatic N) is 1. The quantitative estimate of drug-likeness (QED) is 0.690. The molecule has 1 unspecified atom stereocenters. The molecule has 0 bridgehead atoms. The number of aliphatic hydroxyl groups is 1. The number of aromatic amines is 1. The van der Waals surface area contributed by atoms with Crippen LogP contribution in [0.25, 0.3) is 17.0 Å². The molecule has 1 atom stereocenters. The molecule has 0 saturated carbocycles. The molecule has 1 saturated heterocycles. The normalized spacial score (nSPS) is 16.3. The minimum absolute atomic E-state index is 0.292. The highest BCUT2D eigenvalue weighted by Crippen LogP contribution is 2.18. The lowest BCUT2D eigenvalue weighted by Crippen LogP contribution is -2.53. The Labute approximate surface area is 145 Å². The van der Waals surface area contributed by atoms with Crippen LogP contribution in [0, 0.1) is 0 Å². The number of ether oxygens (including phenoxy) is 1.